The van der Waals surface area contributed by atoms with Gasteiger partial charge >= 0.3 is 0 Å². The molecule has 0 aliphatic heterocycles. The molecular weight excluding hydrogens is 124 g/mol. The Balaban J connectivity index is 2.91. The Hall–Kier alpha value is -0.0400. The Morgan fingerprint density at radius 2 is 1.80 bits per heavy atom. The van der Waals surface area contributed by atoms with Gasteiger partial charge in [0, 0.05) is 0 Å². The van der Waals surface area contributed by atoms with Crippen molar-refractivity contribution in [3.8, 4) is 0 Å². The highest BCUT2D eigenvalue weighted by atomic mass is 16.5. The summed E-state index contributed by atoms with van der Waals surface area (Å²) in [7, 11) is 0. The quantitative estimate of drug-likeness (QED) is 0.537. The van der Waals surface area contributed by atoms with Crippen molar-refractivity contribution in [3.63, 3.8) is 0 Å². The highest BCUT2D eigenvalue weighted by Gasteiger charge is 1.95. The average Bonchev–Trinajstić information content (AvgIpc) is 1.79. The summed E-state index contributed by atoms with van der Waals surface area (Å²) in [5.74, 6) is 0.784. The maximum absolute atomic E-state index is 5.27. The minimum Gasteiger partial charge on any atom is -0.373 e. The summed E-state index contributed by atoms with van der Waals surface area (Å²) in [6, 6.07) is 0. The van der Waals surface area contributed by atoms with Gasteiger partial charge in [0.2, 0.25) is 0 Å². The summed E-state index contributed by atoms with van der Waals surface area (Å²) in [5, 5.41) is 0. The normalized spacial score (nSPS) is 11.4. The molecule has 61 valence electrons. The molecule has 0 heterocycles. The number of rotatable bonds is 5. The van der Waals surface area contributed by atoms with Crippen LogP contribution in [0.25, 0.3) is 0 Å². The summed E-state index contributed by atoms with van der Waals surface area (Å²) in [6.07, 6.45) is 2.65. The second kappa shape index (κ2) is 5.72. The van der Waals surface area contributed by atoms with Crippen molar-refractivity contribution in [1.29, 1.82) is 0 Å². The first-order valence-electron chi connectivity index (χ1n) is 4.10. The van der Waals surface area contributed by atoms with E-state index in [1.165, 1.54) is 6.42 Å². The fourth-order valence-electron chi connectivity index (χ4n) is 0.662. The predicted octanol–water partition coefficient (Wildman–Crippen LogP) is 3.01. The molecule has 0 fully saturated rings. The molecule has 0 unspecified atom stereocenters. The van der Waals surface area contributed by atoms with Crippen LogP contribution >= 0.6 is 0 Å². The summed E-state index contributed by atoms with van der Waals surface area (Å²) in [4.78, 5) is 0. The molecule has 0 saturated carbocycles. The van der Waals surface area contributed by atoms with Gasteiger partial charge in [-0.1, -0.05) is 13.8 Å². The van der Waals surface area contributed by atoms with Crippen LogP contribution in [0.15, 0.2) is 0 Å². The maximum atomic E-state index is 5.27. The van der Waals surface area contributed by atoms with Crippen LogP contribution in [0.3, 0.4) is 0 Å². The maximum Gasteiger partial charge on any atom is 0.0840 e. The monoisotopic (exact) mass is 143 g/mol. The summed E-state index contributed by atoms with van der Waals surface area (Å²) >= 11 is 0. The van der Waals surface area contributed by atoms with E-state index in [0.29, 0.717) is 6.10 Å². The van der Waals surface area contributed by atoms with Crippen LogP contribution in [-0.4, -0.2) is 6.10 Å². The molecule has 1 nitrogen and oxygen atoms in total. The van der Waals surface area contributed by atoms with E-state index < -0.39 is 0 Å². The fourth-order valence-corrected chi connectivity index (χ4v) is 0.662. The van der Waals surface area contributed by atoms with Gasteiger partial charge in [-0.2, -0.15) is 0 Å². The first kappa shape index (κ1) is 9.96. The summed E-state index contributed by atoms with van der Waals surface area (Å²) in [6.45, 7) is 10.5. The van der Waals surface area contributed by atoms with Crippen LogP contribution in [0.5, 0.6) is 0 Å². The molecule has 0 saturated heterocycles. The smallest absolute Gasteiger partial charge is 0.0840 e. The lowest BCUT2D eigenvalue weighted by molar-refractivity contribution is 0.127. The molecular formula is C9H19O. The van der Waals surface area contributed by atoms with Gasteiger partial charge in [0.05, 0.1) is 12.7 Å². The van der Waals surface area contributed by atoms with Gasteiger partial charge in [-0.15, -0.1) is 0 Å². The highest BCUT2D eigenvalue weighted by Crippen LogP contribution is 2.06. The van der Waals surface area contributed by atoms with Crippen molar-refractivity contribution in [2.75, 3.05) is 0 Å². The molecule has 1 heteroatoms. The van der Waals surface area contributed by atoms with E-state index in [0.717, 1.165) is 12.3 Å². The van der Waals surface area contributed by atoms with E-state index in [1.54, 1.807) is 0 Å². The Bertz CT molecular complexity index is 57.1. The topological polar surface area (TPSA) is 9.23 Å². The van der Waals surface area contributed by atoms with Crippen LogP contribution in [0.2, 0.25) is 0 Å². The number of hydrogen-bond acceptors (Lipinski definition) is 1. The minimum absolute atomic E-state index is 0.340. The van der Waals surface area contributed by atoms with E-state index in [4.69, 9.17) is 4.74 Å². The lowest BCUT2D eigenvalue weighted by atomic mass is 10.1. The Kier molecular flexibility index (Phi) is 5.70. The predicted molar refractivity (Wildman–Crippen MR) is 44.6 cm³/mol. The van der Waals surface area contributed by atoms with E-state index in [9.17, 15) is 0 Å². The third-order valence-corrected chi connectivity index (χ3v) is 1.23. The zero-order chi connectivity index (χ0) is 7.98. The molecule has 0 aromatic heterocycles. The van der Waals surface area contributed by atoms with Crippen molar-refractivity contribution in [1.82, 2.24) is 0 Å². The molecule has 0 aromatic carbocycles. The van der Waals surface area contributed by atoms with Gasteiger partial charge in [-0.25, -0.2) is 0 Å². The first-order valence-corrected chi connectivity index (χ1v) is 4.10. The standard InChI is InChI=1S/C9H19O/c1-8(2)6-5-7-10-9(3)4/h7-9H,5-6H2,1-4H3. The number of hydrogen-bond donors (Lipinski definition) is 0. The Morgan fingerprint density at radius 3 is 2.20 bits per heavy atom. The highest BCUT2D eigenvalue weighted by molar-refractivity contribution is 4.55. The van der Waals surface area contributed by atoms with Crippen LogP contribution < -0.4 is 0 Å². The van der Waals surface area contributed by atoms with E-state index in [-0.39, 0.29) is 0 Å². The van der Waals surface area contributed by atoms with Crippen molar-refractivity contribution in [2.24, 2.45) is 5.92 Å². The lowest BCUT2D eigenvalue weighted by Crippen LogP contribution is -2.00. The van der Waals surface area contributed by atoms with Crippen molar-refractivity contribution < 1.29 is 4.74 Å². The molecule has 10 heavy (non-hydrogen) atoms. The summed E-state index contributed by atoms with van der Waals surface area (Å²) in [5.41, 5.74) is 0. The van der Waals surface area contributed by atoms with Gasteiger partial charge in [-0.05, 0) is 32.6 Å². The number of ether oxygens (including phenoxy) is 1. The molecule has 0 aromatic rings. The molecule has 0 aliphatic carbocycles. The van der Waals surface area contributed by atoms with Gasteiger partial charge in [0.1, 0.15) is 0 Å². The third kappa shape index (κ3) is 7.96. The van der Waals surface area contributed by atoms with Gasteiger partial charge in [-0.3, -0.25) is 0 Å². The molecule has 0 amide bonds. The van der Waals surface area contributed by atoms with Crippen LogP contribution in [0.1, 0.15) is 40.5 Å². The fraction of sp³-hybridized carbons (Fsp3) is 0.889. The van der Waals surface area contributed by atoms with Crippen LogP contribution in [0, 0.1) is 12.5 Å². The third-order valence-electron chi connectivity index (χ3n) is 1.23. The van der Waals surface area contributed by atoms with E-state index >= 15 is 0 Å². The van der Waals surface area contributed by atoms with Gasteiger partial charge < -0.3 is 4.74 Å². The van der Waals surface area contributed by atoms with E-state index in [2.05, 4.69) is 13.8 Å². The molecule has 0 aliphatic rings. The van der Waals surface area contributed by atoms with Crippen molar-refractivity contribution >= 4 is 0 Å². The largest absolute Gasteiger partial charge is 0.373 e. The molecule has 1 radical (unpaired) electrons. The SMILES string of the molecule is CC(C)CC[CH]OC(C)C. The molecule has 0 rings (SSSR count). The lowest BCUT2D eigenvalue weighted by Gasteiger charge is -2.07. The van der Waals surface area contributed by atoms with E-state index in [1.807, 2.05) is 20.5 Å². The second-order valence-electron chi connectivity index (χ2n) is 3.32. The Morgan fingerprint density at radius 1 is 1.20 bits per heavy atom. The van der Waals surface area contributed by atoms with Crippen molar-refractivity contribution in [3.05, 3.63) is 6.61 Å². The minimum atomic E-state index is 0.340. The van der Waals surface area contributed by atoms with Crippen LogP contribution in [-0.2, 0) is 4.74 Å². The second-order valence-corrected chi connectivity index (χ2v) is 3.32. The average molecular weight is 143 g/mol. The van der Waals surface area contributed by atoms with Gasteiger partial charge in [0.25, 0.3) is 0 Å². The van der Waals surface area contributed by atoms with Gasteiger partial charge in [0.15, 0.2) is 0 Å². The molecule has 0 bridgehead atoms. The molecule has 0 atom stereocenters. The zero-order valence-corrected chi connectivity index (χ0v) is 7.55. The Labute approximate surface area is 64.8 Å². The molecule has 0 N–H and O–H groups in total. The molecule has 0 spiro atoms. The van der Waals surface area contributed by atoms with Crippen molar-refractivity contribution in [2.45, 2.75) is 46.6 Å². The summed E-state index contributed by atoms with van der Waals surface area (Å²) < 4.78 is 5.27. The van der Waals surface area contributed by atoms with Crippen LogP contribution in [0.4, 0.5) is 0 Å². The zero-order valence-electron chi connectivity index (χ0n) is 7.55. The first-order chi connectivity index (χ1) is 4.63.